The summed E-state index contributed by atoms with van der Waals surface area (Å²) in [6.07, 6.45) is 1.58. The van der Waals surface area contributed by atoms with Crippen LogP contribution >= 0.6 is 0 Å². The highest BCUT2D eigenvalue weighted by Gasteiger charge is 2.13. The summed E-state index contributed by atoms with van der Waals surface area (Å²) in [6, 6.07) is 1.67. The molecule has 0 saturated heterocycles. The molecular weight excluding hydrogens is 196 g/mol. The molecule has 15 heavy (non-hydrogen) atoms. The zero-order valence-electron chi connectivity index (χ0n) is 8.78. The number of carboxylic acids is 1. The van der Waals surface area contributed by atoms with E-state index in [9.17, 15) is 4.79 Å². The molecule has 0 radical (unpaired) electrons. The monoisotopic (exact) mass is 210 g/mol. The highest BCUT2D eigenvalue weighted by Crippen LogP contribution is 2.15. The number of ether oxygens (including phenoxy) is 1. The van der Waals surface area contributed by atoms with Crippen LogP contribution in [0.15, 0.2) is 12.3 Å². The maximum atomic E-state index is 11.0. The van der Waals surface area contributed by atoms with E-state index in [1.165, 1.54) is 0 Å². The van der Waals surface area contributed by atoms with Crippen molar-refractivity contribution in [3.8, 4) is 0 Å². The van der Waals surface area contributed by atoms with Crippen molar-refractivity contribution in [3.63, 3.8) is 0 Å². The summed E-state index contributed by atoms with van der Waals surface area (Å²) in [5, 5.41) is 11.9. The average Bonchev–Trinajstić information content (AvgIpc) is 2.17. The average molecular weight is 210 g/mol. The maximum Gasteiger partial charge on any atom is 0.339 e. The third-order valence-electron chi connectivity index (χ3n) is 1.97. The van der Waals surface area contributed by atoms with E-state index in [0.717, 1.165) is 0 Å². The van der Waals surface area contributed by atoms with Crippen LogP contribution in [0.25, 0.3) is 0 Å². The Morgan fingerprint density at radius 2 is 2.40 bits per heavy atom. The number of carbonyl (C=O) groups is 1. The summed E-state index contributed by atoms with van der Waals surface area (Å²) in [4.78, 5) is 14.9. The molecule has 0 unspecified atom stereocenters. The van der Waals surface area contributed by atoms with Crippen LogP contribution in [-0.4, -0.2) is 36.3 Å². The van der Waals surface area contributed by atoms with Gasteiger partial charge in [0.1, 0.15) is 11.4 Å². The fourth-order valence-corrected chi connectivity index (χ4v) is 1.23. The molecule has 0 aliphatic heterocycles. The molecular formula is C10H14N2O3. The first-order valence-corrected chi connectivity index (χ1v) is 4.58. The number of carboxylic acid groups (broad SMARTS) is 1. The first-order valence-electron chi connectivity index (χ1n) is 4.58. The van der Waals surface area contributed by atoms with Gasteiger partial charge < -0.3 is 15.2 Å². The summed E-state index contributed by atoms with van der Waals surface area (Å²) in [5.74, 6) is -0.583. The second kappa shape index (κ2) is 5.31. The highest BCUT2D eigenvalue weighted by molar-refractivity contribution is 5.94. The Morgan fingerprint density at radius 1 is 1.67 bits per heavy atom. The molecule has 1 aromatic rings. The zero-order valence-corrected chi connectivity index (χ0v) is 8.78. The molecule has 0 aliphatic rings. The van der Waals surface area contributed by atoms with E-state index in [0.29, 0.717) is 24.5 Å². The predicted molar refractivity (Wildman–Crippen MR) is 56.3 cm³/mol. The number of hydrogen-bond donors (Lipinski definition) is 2. The van der Waals surface area contributed by atoms with Crippen LogP contribution in [-0.2, 0) is 4.74 Å². The summed E-state index contributed by atoms with van der Waals surface area (Å²) < 4.78 is 4.86. The van der Waals surface area contributed by atoms with E-state index in [2.05, 4.69) is 10.3 Å². The topological polar surface area (TPSA) is 71.5 Å². The lowest BCUT2D eigenvalue weighted by Crippen LogP contribution is -2.13. The van der Waals surface area contributed by atoms with Crippen molar-refractivity contribution in [2.75, 3.05) is 25.6 Å². The number of pyridine rings is 1. The molecule has 0 atom stereocenters. The van der Waals surface area contributed by atoms with E-state index in [1.54, 1.807) is 26.3 Å². The van der Waals surface area contributed by atoms with Crippen molar-refractivity contribution < 1.29 is 14.6 Å². The number of rotatable bonds is 5. The van der Waals surface area contributed by atoms with E-state index in [1.807, 2.05) is 0 Å². The van der Waals surface area contributed by atoms with Crippen LogP contribution in [0.4, 0.5) is 5.82 Å². The number of nitrogens with one attached hydrogen (secondary N) is 1. The lowest BCUT2D eigenvalue weighted by atomic mass is 10.1. The minimum Gasteiger partial charge on any atom is -0.478 e. The Balaban J connectivity index is 2.86. The molecule has 0 fully saturated rings. The second-order valence-corrected chi connectivity index (χ2v) is 3.08. The Hall–Kier alpha value is -1.62. The fraction of sp³-hybridized carbons (Fsp3) is 0.400. The minimum absolute atomic E-state index is 0.216. The number of nitrogens with zero attached hydrogens (tertiary/aromatic N) is 1. The Morgan fingerprint density at radius 3 is 3.00 bits per heavy atom. The highest BCUT2D eigenvalue weighted by atomic mass is 16.5. The van der Waals surface area contributed by atoms with Crippen molar-refractivity contribution in [2.45, 2.75) is 6.92 Å². The maximum absolute atomic E-state index is 11.0. The number of anilines is 1. The van der Waals surface area contributed by atoms with Gasteiger partial charge in [-0.15, -0.1) is 0 Å². The van der Waals surface area contributed by atoms with Gasteiger partial charge in [0.2, 0.25) is 0 Å². The van der Waals surface area contributed by atoms with Crippen LogP contribution < -0.4 is 5.32 Å². The minimum atomic E-state index is -0.972. The number of aromatic nitrogens is 1. The van der Waals surface area contributed by atoms with Gasteiger partial charge in [0, 0.05) is 19.9 Å². The fourth-order valence-electron chi connectivity index (χ4n) is 1.23. The molecule has 0 aliphatic carbocycles. The number of methoxy groups -OCH3 is 1. The first kappa shape index (κ1) is 11.5. The van der Waals surface area contributed by atoms with E-state index in [4.69, 9.17) is 9.84 Å². The Bertz CT molecular complexity index is 353. The van der Waals surface area contributed by atoms with Crippen LogP contribution in [0, 0.1) is 6.92 Å². The van der Waals surface area contributed by atoms with Gasteiger partial charge >= 0.3 is 5.97 Å². The van der Waals surface area contributed by atoms with Crippen molar-refractivity contribution in [1.82, 2.24) is 4.98 Å². The molecule has 1 aromatic heterocycles. The van der Waals surface area contributed by atoms with Crippen LogP contribution in [0.2, 0.25) is 0 Å². The molecule has 5 nitrogen and oxygen atoms in total. The summed E-state index contributed by atoms with van der Waals surface area (Å²) in [7, 11) is 1.59. The number of aromatic carboxylic acids is 1. The lowest BCUT2D eigenvalue weighted by molar-refractivity contribution is 0.0696. The summed E-state index contributed by atoms with van der Waals surface area (Å²) >= 11 is 0. The Kier molecular flexibility index (Phi) is 4.05. The van der Waals surface area contributed by atoms with Gasteiger partial charge in [0.05, 0.1) is 6.61 Å². The van der Waals surface area contributed by atoms with Gasteiger partial charge in [-0.25, -0.2) is 9.78 Å². The van der Waals surface area contributed by atoms with Gasteiger partial charge in [-0.3, -0.25) is 0 Å². The molecule has 0 aromatic carbocycles. The van der Waals surface area contributed by atoms with Gasteiger partial charge in [0.15, 0.2) is 0 Å². The molecule has 1 heterocycles. The number of aryl methyl sites for hydroxylation is 1. The normalized spacial score (nSPS) is 10.0. The van der Waals surface area contributed by atoms with E-state index in [-0.39, 0.29) is 5.56 Å². The van der Waals surface area contributed by atoms with E-state index >= 15 is 0 Å². The Labute approximate surface area is 88.1 Å². The van der Waals surface area contributed by atoms with E-state index < -0.39 is 5.97 Å². The van der Waals surface area contributed by atoms with Crippen LogP contribution in [0.5, 0.6) is 0 Å². The third kappa shape index (κ3) is 2.92. The van der Waals surface area contributed by atoms with Gasteiger partial charge in [-0.05, 0) is 18.6 Å². The lowest BCUT2D eigenvalue weighted by Gasteiger charge is -2.09. The molecule has 82 valence electrons. The molecule has 0 saturated carbocycles. The molecule has 5 heteroatoms. The van der Waals surface area contributed by atoms with Gasteiger partial charge in [-0.2, -0.15) is 0 Å². The molecule has 1 rings (SSSR count). The van der Waals surface area contributed by atoms with Crippen molar-refractivity contribution in [2.24, 2.45) is 0 Å². The van der Waals surface area contributed by atoms with Crippen LogP contribution in [0.3, 0.4) is 0 Å². The van der Waals surface area contributed by atoms with Gasteiger partial charge in [-0.1, -0.05) is 0 Å². The largest absolute Gasteiger partial charge is 0.478 e. The summed E-state index contributed by atoms with van der Waals surface area (Å²) in [6.45, 7) is 2.79. The molecule has 0 bridgehead atoms. The quantitative estimate of drug-likeness (QED) is 0.713. The summed E-state index contributed by atoms with van der Waals surface area (Å²) in [5.41, 5.74) is 0.908. The standard InChI is InChI=1S/C10H14N2O3/c1-7-3-4-11-9(8(7)10(13)14)12-5-6-15-2/h3-4H,5-6H2,1-2H3,(H,11,12)(H,13,14). The zero-order chi connectivity index (χ0) is 11.3. The van der Waals surface area contributed by atoms with Crippen LogP contribution in [0.1, 0.15) is 15.9 Å². The smallest absolute Gasteiger partial charge is 0.339 e. The molecule has 0 amide bonds. The predicted octanol–water partition coefficient (Wildman–Crippen LogP) is 1.15. The second-order valence-electron chi connectivity index (χ2n) is 3.08. The first-order chi connectivity index (χ1) is 7.16. The SMILES string of the molecule is COCCNc1nccc(C)c1C(=O)O. The third-order valence-corrected chi connectivity index (χ3v) is 1.97. The van der Waals surface area contributed by atoms with Crippen molar-refractivity contribution in [1.29, 1.82) is 0 Å². The molecule has 2 N–H and O–H groups in total. The number of hydrogen-bond acceptors (Lipinski definition) is 4. The van der Waals surface area contributed by atoms with Crippen molar-refractivity contribution in [3.05, 3.63) is 23.4 Å². The van der Waals surface area contributed by atoms with Gasteiger partial charge in [0.25, 0.3) is 0 Å². The van der Waals surface area contributed by atoms with Crippen molar-refractivity contribution >= 4 is 11.8 Å². The molecule has 0 spiro atoms.